The van der Waals surface area contributed by atoms with Crippen LogP contribution in [-0.2, 0) is 26.1 Å². The number of nitrogen functional groups attached to an aromatic ring is 1. The number of imidazole rings is 1. The van der Waals surface area contributed by atoms with Crippen molar-refractivity contribution in [1.82, 2.24) is 19.5 Å². The van der Waals surface area contributed by atoms with Crippen molar-refractivity contribution in [2.75, 3.05) is 12.3 Å². The van der Waals surface area contributed by atoms with Gasteiger partial charge in [-0.15, -0.1) is 0 Å². The monoisotopic (exact) mass is 375 g/mol. The van der Waals surface area contributed by atoms with Crippen molar-refractivity contribution < 1.29 is 66.7 Å². The summed E-state index contributed by atoms with van der Waals surface area (Å²) < 4.78 is 22.2. The summed E-state index contributed by atoms with van der Waals surface area (Å²) >= 11 is 4.11. The van der Waals surface area contributed by atoms with Crippen molar-refractivity contribution in [3.63, 3.8) is 0 Å². The van der Waals surface area contributed by atoms with E-state index in [2.05, 4.69) is 31.7 Å². The van der Waals surface area contributed by atoms with Crippen molar-refractivity contribution in [1.29, 1.82) is 0 Å². The molecule has 1 aliphatic rings. The third-order valence-electron chi connectivity index (χ3n) is 3.40. The molecule has 3 heterocycles. The Balaban J connectivity index is 0.00000156. The largest absolute Gasteiger partial charge is 1.00 e. The molecular formula is C10H12Li2N5O6PS. The van der Waals surface area contributed by atoms with Crippen LogP contribution in [-0.4, -0.2) is 54.7 Å². The Morgan fingerprint density at radius 2 is 2.04 bits per heavy atom. The van der Waals surface area contributed by atoms with Crippen molar-refractivity contribution in [2.24, 2.45) is 0 Å². The molecule has 15 heteroatoms. The van der Waals surface area contributed by atoms with Crippen LogP contribution in [0.2, 0.25) is 0 Å². The van der Waals surface area contributed by atoms with Gasteiger partial charge in [0.1, 0.15) is 30.2 Å². The SMILES string of the molecule is Nc1ncnc2c1ncn2C1OC(COP(=O)([O-])[S-])C(O)C1O.[Li+].[Li+]. The van der Waals surface area contributed by atoms with E-state index < -0.39 is 37.9 Å². The Morgan fingerprint density at radius 3 is 2.68 bits per heavy atom. The molecule has 11 nitrogen and oxygen atoms in total. The molecule has 5 atom stereocenters. The Morgan fingerprint density at radius 1 is 1.36 bits per heavy atom. The first-order valence-corrected chi connectivity index (χ1v) is 8.95. The van der Waals surface area contributed by atoms with Gasteiger partial charge in [0.2, 0.25) is 0 Å². The molecular weight excluding hydrogens is 363 g/mol. The van der Waals surface area contributed by atoms with E-state index in [-0.39, 0.29) is 43.5 Å². The van der Waals surface area contributed by atoms with Gasteiger partial charge in [-0.25, -0.2) is 15.0 Å². The first-order valence-electron chi connectivity index (χ1n) is 6.39. The molecule has 25 heavy (non-hydrogen) atoms. The number of anilines is 1. The van der Waals surface area contributed by atoms with Crippen molar-refractivity contribution in [2.45, 2.75) is 24.5 Å². The molecule has 0 radical (unpaired) electrons. The van der Waals surface area contributed by atoms with Gasteiger partial charge in [-0.1, -0.05) is 0 Å². The van der Waals surface area contributed by atoms with E-state index in [1.165, 1.54) is 17.2 Å². The smallest absolute Gasteiger partial charge is 0.797 e. The van der Waals surface area contributed by atoms with Gasteiger partial charge in [0.05, 0.1) is 12.9 Å². The Kier molecular flexibility index (Phi) is 8.03. The number of aliphatic hydroxyl groups is 2. The fourth-order valence-corrected chi connectivity index (χ4v) is 2.83. The Bertz CT molecular complexity index is 777. The zero-order valence-electron chi connectivity index (χ0n) is 13.4. The molecule has 0 aliphatic carbocycles. The van der Waals surface area contributed by atoms with Crippen molar-refractivity contribution in [3.8, 4) is 0 Å². The molecule has 3 rings (SSSR count). The van der Waals surface area contributed by atoms with Gasteiger partial charge >= 0.3 is 37.7 Å². The maximum atomic E-state index is 10.9. The van der Waals surface area contributed by atoms with Crippen LogP contribution in [0.1, 0.15) is 6.23 Å². The van der Waals surface area contributed by atoms with E-state index in [4.69, 9.17) is 10.5 Å². The second-order valence-electron chi connectivity index (χ2n) is 4.87. The van der Waals surface area contributed by atoms with Gasteiger partial charge < -0.3 is 46.9 Å². The van der Waals surface area contributed by atoms with Crippen LogP contribution in [0.15, 0.2) is 12.7 Å². The maximum Gasteiger partial charge on any atom is 1.00 e. The molecule has 0 spiro atoms. The molecule has 2 aromatic heterocycles. The fourth-order valence-electron chi connectivity index (χ4n) is 2.32. The third-order valence-corrected chi connectivity index (χ3v) is 4.18. The number of hydrogen-bond donors (Lipinski definition) is 3. The van der Waals surface area contributed by atoms with E-state index in [9.17, 15) is 19.7 Å². The normalized spacial score (nSPS) is 28.2. The average Bonchev–Trinajstić information content (AvgIpc) is 3.01. The minimum atomic E-state index is -4.39. The number of nitrogens with two attached hydrogens (primary N) is 1. The zero-order chi connectivity index (χ0) is 16.8. The standard InChI is InChI=1S/C10H14N5O6PS.2Li/c11-8-5-9(13-2-12-8)15(3-14-5)10-7(17)6(16)4(21-10)1-20-22(18,19)23;;/h2-4,6-7,10,16-17H,1H2,(H2,11,12,13)(H2,18,19,23);;/q;2*+1/p-2. The first kappa shape index (κ1) is 23.0. The molecule has 5 unspecified atom stereocenters. The third kappa shape index (κ3) is 4.80. The molecule has 0 saturated carbocycles. The summed E-state index contributed by atoms with van der Waals surface area (Å²) in [4.78, 5) is 22.7. The summed E-state index contributed by atoms with van der Waals surface area (Å²) in [6.45, 7) is -4.90. The number of hydrogen-bond acceptors (Lipinski definition) is 11. The summed E-state index contributed by atoms with van der Waals surface area (Å²) in [6.07, 6.45) is -2.32. The van der Waals surface area contributed by atoms with Crippen LogP contribution in [0.25, 0.3) is 11.2 Å². The van der Waals surface area contributed by atoms with E-state index in [0.29, 0.717) is 11.2 Å². The maximum absolute atomic E-state index is 10.9. The predicted molar refractivity (Wildman–Crippen MR) is 76.6 cm³/mol. The van der Waals surface area contributed by atoms with Gasteiger partial charge in [-0.3, -0.25) is 4.57 Å². The molecule has 1 saturated heterocycles. The number of aliphatic hydroxyl groups excluding tert-OH is 2. The Hall–Kier alpha value is -0.0752. The zero-order valence-corrected chi connectivity index (χ0v) is 15.1. The molecule has 2 aromatic rings. The van der Waals surface area contributed by atoms with E-state index in [0.717, 1.165) is 0 Å². The summed E-state index contributed by atoms with van der Waals surface area (Å²) in [7, 11) is 0. The number of fused-ring (bicyclic) bond motifs is 1. The minimum absolute atomic E-state index is 0. The molecule has 4 N–H and O–H groups in total. The van der Waals surface area contributed by atoms with Crippen LogP contribution in [0.5, 0.6) is 0 Å². The van der Waals surface area contributed by atoms with Gasteiger partial charge in [-0.2, -0.15) is 0 Å². The second-order valence-corrected chi connectivity index (χ2v) is 7.37. The number of aromatic nitrogens is 4. The van der Waals surface area contributed by atoms with Crippen LogP contribution < -0.4 is 48.3 Å². The van der Waals surface area contributed by atoms with E-state index in [1.807, 2.05) is 0 Å². The summed E-state index contributed by atoms with van der Waals surface area (Å²) in [6, 6.07) is 0. The van der Waals surface area contributed by atoms with Crippen LogP contribution in [0.3, 0.4) is 0 Å². The van der Waals surface area contributed by atoms with E-state index >= 15 is 0 Å². The molecule has 1 fully saturated rings. The topological polar surface area (TPSA) is 169 Å². The minimum Gasteiger partial charge on any atom is -0.797 e. The van der Waals surface area contributed by atoms with Crippen LogP contribution in [0, 0.1) is 0 Å². The summed E-state index contributed by atoms with van der Waals surface area (Å²) in [5, 5.41) is 20.1. The molecule has 1 aliphatic heterocycles. The quantitative estimate of drug-likeness (QED) is 0.264. The summed E-state index contributed by atoms with van der Waals surface area (Å²) in [5.41, 5.74) is 6.29. The second kappa shape index (κ2) is 8.74. The van der Waals surface area contributed by atoms with Gasteiger partial charge in [0.15, 0.2) is 17.7 Å². The average molecular weight is 375 g/mol. The molecule has 0 amide bonds. The number of ether oxygens (including phenoxy) is 1. The van der Waals surface area contributed by atoms with Crippen LogP contribution in [0.4, 0.5) is 5.82 Å². The van der Waals surface area contributed by atoms with Crippen molar-refractivity contribution >= 4 is 36.0 Å². The molecule has 0 aromatic carbocycles. The Labute approximate surface area is 171 Å². The number of rotatable bonds is 4. The fraction of sp³-hybridized carbons (Fsp3) is 0.500. The van der Waals surface area contributed by atoms with Crippen LogP contribution >= 0.6 is 6.80 Å². The molecule has 126 valence electrons. The van der Waals surface area contributed by atoms with Gasteiger partial charge in [0.25, 0.3) is 0 Å². The molecule has 0 bridgehead atoms. The predicted octanol–water partition coefficient (Wildman–Crippen LogP) is -7.93. The number of nitrogens with zero attached hydrogens (tertiary/aromatic N) is 4. The van der Waals surface area contributed by atoms with Gasteiger partial charge in [0, 0.05) is 6.80 Å². The first-order chi connectivity index (χ1) is 10.8. The summed E-state index contributed by atoms with van der Waals surface area (Å²) in [5.74, 6) is 0.153. The van der Waals surface area contributed by atoms with E-state index in [1.54, 1.807) is 0 Å². The van der Waals surface area contributed by atoms with Crippen molar-refractivity contribution in [3.05, 3.63) is 12.7 Å². The van der Waals surface area contributed by atoms with Gasteiger partial charge in [-0.05, 0) is 0 Å².